The molecule has 1 atom stereocenters. The summed E-state index contributed by atoms with van der Waals surface area (Å²) < 4.78 is 60.0. The predicted octanol–water partition coefficient (Wildman–Crippen LogP) is 4.43. The lowest BCUT2D eigenvalue weighted by atomic mass is 9.98. The molecule has 0 unspecified atom stereocenters. The van der Waals surface area contributed by atoms with Crippen LogP contribution in [0.2, 0.25) is 0 Å². The van der Waals surface area contributed by atoms with Crippen LogP contribution in [0.5, 0.6) is 0 Å². The van der Waals surface area contributed by atoms with Gasteiger partial charge >= 0.3 is 6.18 Å². The van der Waals surface area contributed by atoms with Crippen LogP contribution in [0.25, 0.3) is 22.6 Å². The number of aryl methyl sites for hydroxylation is 2. The Hall–Kier alpha value is -4.33. The normalized spacial score (nSPS) is 17.4. The Labute approximate surface area is 239 Å². The van der Waals surface area contributed by atoms with Crippen LogP contribution in [0.1, 0.15) is 40.4 Å². The summed E-state index contributed by atoms with van der Waals surface area (Å²) in [6.07, 6.45) is -2.11. The number of alkyl halides is 4. The van der Waals surface area contributed by atoms with Crippen molar-refractivity contribution in [1.82, 2.24) is 34.4 Å². The number of halogens is 4. The fourth-order valence-electron chi connectivity index (χ4n) is 5.72. The molecule has 0 spiro atoms. The average molecular weight is 584 g/mol. The van der Waals surface area contributed by atoms with Crippen molar-refractivity contribution in [3.05, 3.63) is 59.0 Å². The van der Waals surface area contributed by atoms with Gasteiger partial charge in [0.2, 0.25) is 0 Å². The van der Waals surface area contributed by atoms with E-state index < -0.39 is 23.8 Å². The number of carbonyl (C=O) groups excluding carboxylic acids is 1. The maximum Gasteiger partial charge on any atom is 0.416 e. The number of anilines is 2. The van der Waals surface area contributed by atoms with E-state index in [2.05, 4.69) is 25.6 Å². The zero-order valence-corrected chi connectivity index (χ0v) is 23.3. The molecule has 10 nitrogen and oxygen atoms in total. The Morgan fingerprint density at radius 2 is 1.93 bits per heavy atom. The summed E-state index contributed by atoms with van der Waals surface area (Å²) in [6, 6.07) is 6.05. The van der Waals surface area contributed by atoms with Crippen LogP contribution in [0, 0.1) is 0 Å². The SMILES string of the molecule is CCNc1cc(-c2c(-c3nncn3C)cnn2C)cc(N2Cc3c(cc(CN4CC[C@H](F)C4)cc3C(F)(F)F)C2=O)n1. The largest absolute Gasteiger partial charge is 0.416 e. The van der Waals surface area contributed by atoms with Gasteiger partial charge in [-0.1, -0.05) is 0 Å². The lowest BCUT2D eigenvalue weighted by Crippen LogP contribution is -2.24. The third-order valence-electron chi connectivity index (χ3n) is 7.64. The first-order valence-corrected chi connectivity index (χ1v) is 13.6. The molecule has 0 saturated carbocycles. The molecular weight excluding hydrogens is 554 g/mol. The average Bonchev–Trinajstić information content (AvgIpc) is 3.71. The number of amides is 1. The fourth-order valence-corrected chi connectivity index (χ4v) is 5.72. The number of aromatic nitrogens is 6. The van der Waals surface area contributed by atoms with Crippen molar-refractivity contribution < 1.29 is 22.4 Å². The Morgan fingerprint density at radius 3 is 2.60 bits per heavy atom. The smallest absolute Gasteiger partial charge is 0.370 e. The standard InChI is InChI=1S/C28H29F4N9O/c1-4-33-23-9-17(25-20(11-35-39(25)3)26-37-34-15-38(26)2)10-24(36-23)41-14-21-19(27(41)42)7-16(8-22(21)28(30,31)32)12-40-6-5-18(29)13-40/h7-11,15,18H,4-6,12-14H2,1-3H3,(H,33,36)/t18-/m0/s1. The van der Waals surface area contributed by atoms with Crippen LogP contribution >= 0.6 is 0 Å². The molecule has 1 fully saturated rings. The van der Waals surface area contributed by atoms with Gasteiger partial charge in [-0.2, -0.15) is 18.3 Å². The van der Waals surface area contributed by atoms with E-state index in [1.807, 2.05) is 6.92 Å². The minimum Gasteiger partial charge on any atom is -0.370 e. The maximum atomic E-state index is 14.3. The maximum absolute atomic E-state index is 14.3. The Balaban J connectivity index is 1.42. The third kappa shape index (κ3) is 4.99. The van der Waals surface area contributed by atoms with E-state index in [0.29, 0.717) is 53.5 Å². The number of benzene rings is 1. The summed E-state index contributed by atoms with van der Waals surface area (Å²) in [6.45, 7) is 2.88. The highest BCUT2D eigenvalue weighted by Gasteiger charge is 2.41. The lowest BCUT2D eigenvalue weighted by molar-refractivity contribution is -0.138. The molecule has 3 aromatic heterocycles. The summed E-state index contributed by atoms with van der Waals surface area (Å²) >= 11 is 0. The van der Waals surface area contributed by atoms with Gasteiger partial charge in [-0.15, -0.1) is 10.2 Å². The Kier molecular flexibility index (Phi) is 6.95. The van der Waals surface area contributed by atoms with Gasteiger partial charge in [0.25, 0.3) is 5.91 Å². The van der Waals surface area contributed by atoms with Gasteiger partial charge in [0, 0.05) is 51.4 Å². The highest BCUT2D eigenvalue weighted by molar-refractivity contribution is 6.10. The molecule has 1 N–H and O–H groups in total. The van der Waals surface area contributed by atoms with E-state index in [-0.39, 0.29) is 36.6 Å². The van der Waals surface area contributed by atoms with Gasteiger partial charge in [0.1, 0.15) is 24.1 Å². The Bertz CT molecular complexity index is 1660. The first-order chi connectivity index (χ1) is 20.0. The molecule has 1 saturated heterocycles. The summed E-state index contributed by atoms with van der Waals surface area (Å²) in [5.74, 6) is 0.646. The molecule has 0 aliphatic carbocycles. The summed E-state index contributed by atoms with van der Waals surface area (Å²) in [7, 11) is 3.57. The van der Waals surface area contributed by atoms with Crippen molar-refractivity contribution in [2.75, 3.05) is 29.9 Å². The highest BCUT2D eigenvalue weighted by Crippen LogP contribution is 2.41. The number of fused-ring (bicyclic) bond motifs is 1. The number of carbonyl (C=O) groups is 1. The zero-order chi connectivity index (χ0) is 29.8. The predicted molar refractivity (Wildman–Crippen MR) is 147 cm³/mol. The monoisotopic (exact) mass is 583 g/mol. The van der Waals surface area contributed by atoms with Crippen LogP contribution in [0.15, 0.2) is 36.8 Å². The molecule has 0 bridgehead atoms. The molecule has 5 heterocycles. The van der Waals surface area contributed by atoms with Crippen molar-refractivity contribution in [2.45, 2.75) is 38.8 Å². The fraction of sp³-hybridized carbons (Fsp3) is 0.393. The first kappa shape index (κ1) is 27.8. The van der Waals surface area contributed by atoms with Crippen LogP contribution in [0.4, 0.5) is 29.2 Å². The molecule has 2 aliphatic rings. The van der Waals surface area contributed by atoms with Gasteiger partial charge in [-0.3, -0.25) is 19.3 Å². The van der Waals surface area contributed by atoms with E-state index in [0.717, 1.165) is 6.07 Å². The molecule has 0 radical (unpaired) electrons. The second-order valence-corrected chi connectivity index (χ2v) is 10.6. The number of hydrogen-bond donors (Lipinski definition) is 1. The van der Waals surface area contributed by atoms with Gasteiger partial charge in [-0.05, 0) is 48.7 Å². The van der Waals surface area contributed by atoms with Gasteiger partial charge in [-0.25, -0.2) is 9.37 Å². The minimum absolute atomic E-state index is 0.0201. The van der Waals surface area contributed by atoms with E-state index >= 15 is 0 Å². The van der Waals surface area contributed by atoms with E-state index in [9.17, 15) is 22.4 Å². The molecule has 4 aromatic rings. The lowest BCUT2D eigenvalue weighted by Gasteiger charge is -2.19. The number of nitrogens with one attached hydrogen (secondary N) is 1. The summed E-state index contributed by atoms with van der Waals surface area (Å²) in [4.78, 5) is 21.4. The van der Waals surface area contributed by atoms with E-state index in [4.69, 9.17) is 0 Å². The second-order valence-electron chi connectivity index (χ2n) is 10.6. The van der Waals surface area contributed by atoms with Crippen LogP contribution in [-0.2, 0) is 33.4 Å². The van der Waals surface area contributed by atoms with Gasteiger partial charge in [0.15, 0.2) is 5.82 Å². The molecule has 42 heavy (non-hydrogen) atoms. The van der Waals surface area contributed by atoms with Crippen molar-refractivity contribution in [1.29, 1.82) is 0 Å². The number of pyridine rings is 1. The molecule has 6 rings (SSSR count). The Morgan fingerprint density at radius 1 is 1.12 bits per heavy atom. The van der Waals surface area contributed by atoms with Gasteiger partial charge < -0.3 is 9.88 Å². The molecule has 14 heteroatoms. The van der Waals surface area contributed by atoms with Gasteiger partial charge in [0.05, 0.1) is 29.6 Å². The number of nitrogens with zero attached hydrogens (tertiary/aromatic N) is 8. The van der Waals surface area contributed by atoms with Crippen molar-refractivity contribution in [2.24, 2.45) is 14.1 Å². The summed E-state index contributed by atoms with van der Waals surface area (Å²) in [5, 5.41) is 15.7. The second kappa shape index (κ2) is 10.5. The minimum atomic E-state index is -4.67. The topological polar surface area (TPSA) is 97.0 Å². The molecule has 220 valence electrons. The highest BCUT2D eigenvalue weighted by atomic mass is 19.4. The van der Waals surface area contributed by atoms with Crippen LogP contribution in [0.3, 0.4) is 0 Å². The number of hydrogen-bond acceptors (Lipinski definition) is 7. The zero-order valence-electron chi connectivity index (χ0n) is 23.3. The van der Waals surface area contributed by atoms with Crippen LogP contribution in [-0.4, -0.2) is 66.1 Å². The molecule has 1 aromatic carbocycles. The van der Waals surface area contributed by atoms with E-state index in [1.54, 1.807) is 52.9 Å². The number of rotatable bonds is 7. The quantitative estimate of drug-likeness (QED) is 0.322. The third-order valence-corrected chi connectivity index (χ3v) is 7.64. The van der Waals surface area contributed by atoms with Crippen molar-refractivity contribution in [3.63, 3.8) is 0 Å². The first-order valence-electron chi connectivity index (χ1n) is 13.6. The molecule has 1 amide bonds. The van der Waals surface area contributed by atoms with Crippen LogP contribution < -0.4 is 10.2 Å². The number of likely N-dealkylation sites (tertiary alicyclic amines) is 1. The van der Waals surface area contributed by atoms with Crippen molar-refractivity contribution >= 4 is 17.5 Å². The van der Waals surface area contributed by atoms with Crippen molar-refractivity contribution in [3.8, 4) is 22.6 Å². The summed E-state index contributed by atoms with van der Waals surface area (Å²) in [5.41, 5.74) is 1.35. The molecule has 2 aliphatic heterocycles. The molecular formula is C28H29F4N9O. The van der Waals surface area contributed by atoms with E-state index in [1.165, 1.54) is 11.0 Å².